The van der Waals surface area contributed by atoms with E-state index < -0.39 is 0 Å². The molecule has 0 heterocycles. The van der Waals surface area contributed by atoms with Crippen molar-refractivity contribution in [2.24, 2.45) is 0 Å². The Labute approximate surface area is 85.5 Å². The second kappa shape index (κ2) is 4.90. The summed E-state index contributed by atoms with van der Waals surface area (Å²) in [7, 11) is 0. The summed E-state index contributed by atoms with van der Waals surface area (Å²) in [5, 5.41) is 1.61. The van der Waals surface area contributed by atoms with Gasteiger partial charge in [0, 0.05) is 10.5 Å². The Morgan fingerprint density at radius 1 is 0.846 bits per heavy atom. The first kappa shape index (κ1) is 9.39. The van der Waals surface area contributed by atoms with Gasteiger partial charge in [0.05, 0.1) is 0 Å². The number of allylic oxidation sites excluding steroid dienone is 2. The fraction of sp³-hybridized carbons (Fsp3) is 0.667. The third kappa shape index (κ3) is 2.91. The number of hydrogen-bond acceptors (Lipinski definition) is 1. The Morgan fingerprint density at radius 3 is 1.77 bits per heavy atom. The van der Waals surface area contributed by atoms with Gasteiger partial charge in [-0.3, -0.25) is 0 Å². The Bertz CT molecular complexity index is 183. The van der Waals surface area contributed by atoms with Gasteiger partial charge in [0.2, 0.25) is 0 Å². The number of thioether (sulfide) groups is 1. The van der Waals surface area contributed by atoms with Crippen molar-refractivity contribution in [2.75, 3.05) is 0 Å². The molecule has 0 bridgehead atoms. The molecule has 0 aliphatic heterocycles. The van der Waals surface area contributed by atoms with Crippen LogP contribution in [-0.4, -0.2) is 10.5 Å². The van der Waals surface area contributed by atoms with E-state index in [0.29, 0.717) is 0 Å². The van der Waals surface area contributed by atoms with Crippen molar-refractivity contribution in [3.63, 3.8) is 0 Å². The average molecular weight is 194 g/mol. The van der Waals surface area contributed by atoms with E-state index in [1.165, 1.54) is 38.5 Å². The van der Waals surface area contributed by atoms with Crippen LogP contribution >= 0.6 is 11.8 Å². The zero-order chi connectivity index (χ0) is 8.93. The molecule has 0 spiro atoms. The molecule has 72 valence electrons. The molecular formula is C12H18S. The second-order valence-corrected chi connectivity index (χ2v) is 5.41. The van der Waals surface area contributed by atoms with Crippen molar-refractivity contribution >= 4 is 11.8 Å². The highest BCUT2D eigenvalue weighted by Gasteiger charge is 2.15. The summed E-state index contributed by atoms with van der Waals surface area (Å²) >= 11 is 2.17. The van der Waals surface area contributed by atoms with Crippen LogP contribution in [-0.2, 0) is 0 Å². The summed E-state index contributed by atoms with van der Waals surface area (Å²) in [6, 6.07) is 0. The van der Waals surface area contributed by atoms with Gasteiger partial charge in [-0.1, -0.05) is 24.3 Å². The fourth-order valence-corrected chi connectivity index (χ4v) is 3.47. The largest absolute Gasteiger partial charge is 0.147 e. The van der Waals surface area contributed by atoms with Crippen molar-refractivity contribution in [1.29, 1.82) is 0 Å². The Kier molecular flexibility index (Phi) is 3.54. The Morgan fingerprint density at radius 2 is 1.38 bits per heavy atom. The third-order valence-electron chi connectivity index (χ3n) is 2.77. The first-order chi connectivity index (χ1) is 6.45. The molecular weight excluding hydrogens is 176 g/mol. The van der Waals surface area contributed by atoms with E-state index in [1.54, 1.807) is 0 Å². The topological polar surface area (TPSA) is 0 Å². The molecule has 0 N–H and O–H groups in total. The molecule has 0 aromatic rings. The predicted molar refractivity (Wildman–Crippen MR) is 61.1 cm³/mol. The SMILES string of the molecule is C1=CC(SC2C=CCCC2)CCC1. The zero-order valence-electron chi connectivity index (χ0n) is 8.11. The van der Waals surface area contributed by atoms with Crippen LogP contribution in [0.4, 0.5) is 0 Å². The summed E-state index contributed by atoms with van der Waals surface area (Å²) in [5.74, 6) is 0. The minimum absolute atomic E-state index is 0.807. The van der Waals surface area contributed by atoms with E-state index in [-0.39, 0.29) is 0 Å². The lowest BCUT2D eigenvalue weighted by Gasteiger charge is -2.22. The predicted octanol–water partition coefficient (Wildman–Crippen LogP) is 3.94. The van der Waals surface area contributed by atoms with Crippen LogP contribution in [0.15, 0.2) is 24.3 Å². The lowest BCUT2D eigenvalue weighted by molar-refractivity contribution is 0.719. The summed E-state index contributed by atoms with van der Waals surface area (Å²) < 4.78 is 0. The first-order valence-electron chi connectivity index (χ1n) is 5.44. The monoisotopic (exact) mass is 194 g/mol. The molecule has 2 aliphatic carbocycles. The van der Waals surface area contributed by atoms with Crippen molar-refractivity contribution in [1.82, 2.24) is 0 Å². The Hall–Kier alpha value is -0.170. The highest BCUT2D eigenvalue weighted by atomic mass is 32.2. The molecule has 0 aromatic carbocycles. The van der Waals surface area contributed by atoms with Gasteiger partial charge < -0.3 is 0 Å². The Balaban J connectivity index is 1.82. The van der Waals surface area contributed by atoms with Crippen LogP contribution in [0.25, 0.3) is 0 Å². The summed E-state index contributed by atoms with van der Waals surface area (Å²) in [4.78, 5) is 0. The van der Waals surface area contributed by atoms with Crippen LogP contribution in [0, 0.1) is 0 Å². The van der Waals surface area contributed by atoms with E-state index >= 15 is 0 Å². The average Bonchev–Trinajstić information content (AvgIpc) is 2.21. The molecule has 0 saturated carbocycles. The van der Waals surface area contributed by atoms with Crippen LogP contribution in [0.1, 0.15) is 38.5 Å². The van der Waals surface area contributed by atoms with E-state index in [0.717, 1.165) is 10.5 Å². The van der Waals surface area contributed by atoms with Crippen molar-refractivity contribution < 1.29 is 0 Å². The van der Waals surface area contributed by atoms with Crippen LogP contribution in [0.3, 0.4) is 0 Å². The molecule has 0 saturated heterocycles. The normalized spacial score (nSPS) is 33.5. The van der Waals surface area contributed by atoms with Gasteiger partial charge in [-0.2, -0.15) is 0 Å². The van der Waals surface area contributed by atoms with E-state index in [2.05, 4.69) is 36.1 Å². The van der Waals surface area contributed by atoms with Gasteiger partial charge in [-0.15, -0.1) is 11.8 Å². The number of rotatable bonds is 2. The molecule has 1 heteroatoms. The summed E-state index contributed by atoms with van der Waals surface area (Å²) in [6.45, 7) is 0. The lowest BCUT2D eigenvalue weighted by atomic mass is 10.1. The van der Waals surface area contributed by atoms with Gasteiger partial charge in [0.25, 0.3) is 0 Å². The molecule has 0 fully saturated rings. The minimum atomic E-state index is 0.807. The molecule has 13 heavy (non-hydrogen) atoms. The van der Waals surface area contributed by atoms with Gasteiger partial charge >= 0.3 is 0 Å². The standard InChI is InChI=1S/C12H18S/c1-3-7-11(8-4-1)13-12-9-5-2-6-10-12/h3,5,7,9,11-12H,1-2,4,6,8,10H2. The quantitative estimate of drug-likeness (QED) is 0.600. The maximum atomic E-state index is 2.41. The molecule has 2 rings (SSSR count). The van der Waals surface area contributed by atoms with Crippen molar-refractivity contribution in [3.05, 3.63) is 24.3 Å². The third-order valence-corrected chi connectivity index (χ3v) is 4.25. The zero-order valence-corrected chi connectivity index (χ0v) is 8.93. The van der Waals surface area contributed by atoms with E-state index in [1.807, 2.05) is 0 Å². The summed E-state index contributed by atoms with van der Waals surface area (Å²) in [6.07, 6.45) is 17.7. The molecule has 0 radical (unpaired) electrons. The first-order valence-corrected chi connectivity index (χ1v) is 6.38. The highest BCUT2D eigenvalue weighted by molar-refractivity contribution is 8.00. The number of hydrogen-bond donors (Lipinski definition) is 0. The molecule has 0 amide bonds. The van der Waals surface area contributed by atoms with Gasteiger partial charge in [0.1, 0.15) is 0 Å². The van der Waals surface area contributed by atoms with Gasteiger partial charge in [-0.05, 0) is 38.5 Å². The molecule has 2 aliphatic rings. The molecule has 2 atom stereocenters. The van der Waals surface area contributed by atoms with Crippen LogP contribution in [0.2, 0.25) is 0 Å². The van der Waals surface area contributed by atoms with Crippen LogP contribution in [0.5, 0.6) is 0 Å². The van der Waals surface area contributed by atoms with Crippen molar-refractivity contribution in [2.45, 2.75) is 49.0 Å². The van der Waals surface area contributed by atoms with Crippen LogP contribution < -0.4 is 0 Å². The van der Waals surface area contributed by atoms with E-state index in [9.17, 15) is 0 Å². The smallest absolute Gasteiger partial charge is 0.0233 e. The van der Waals surface area contributed by atoms with Gasteiger partial charge in [0.15, 0.2) is 0 Å². The molecule has 0 nitrogen and oxygen atoms in total. The molecule has 0 aromatic heterocycles. The van der Waals surface area contributed by atoms with Gasteiger partial charge in [-0.25, -0.2) is 0 Å². The summed E-state index contributed by atoms with van der Waals surface area (Å²) in [5.41, 5.74) is 0. The lowest BCUT2D eigenvalue weighted by Crippen LogP contribution is -2.11. The fourth-order valence-electron chi connectivity index (χ4n) is 2.01. The second-order valence-electron chi connectivity index (χ2n) is 3.93. The maximum Gasteiger partial charge on any atom is 0.0233 e. The molecule has 2 unspecified atom stereocenters. The maximum absolute atomic E-state index is 2.41. The highest BCUT2D eigenvalue weighted by Crippen LogP contribution is 2.31. The minimum Gasteiger partial charge on any atom is -0.147 e. The van der Waals surface area contributed by atoms with Crippen molar-refractivity contribution in [3.8, 4) is 0 Å². The van der Waals surface area contributed by atoms with E-state index in [4.69, 9.17) is 0 Å².